The molecule has 2 amide bonds. The van der Waals surface area contributed by atoms with Crippen LogP contribution < -0.4 is 5.32 Å². The monoisotopic (exact) mass is 542 g/mol. The van der Waals surface area contributed by atoms with Gasteiger partial charge in [0.15, 0.2) is 0 Å². The van der Waals surface area contributed by atoms with Crippen LogP contribution in [-0.2, 0) is 14.3 Å². The van der Waals surface area contributed by atoms with E-state index in [9.17, 15) is 29.4 Å². The molecule has 0 bridgehead atoms. The molecule has 2 aliphatic rings. The Hall–Kier alpha value is -3.27. The summed E-state index contributed by atoms with van der Waals surface area (Å²) < 4.78 is 5.88. The summed E-state index contributed by atoms with van der Waals surface area (Å²) in [6.45, 7) is 4.89. The van der Waals surface area contributed by atoms with Crippen molar-refractivity contribution in [1.82, 2.24) is 10.2 Å². The van der Waals surface area contributed by atoms with Crippen LogP contribution in [0.3, 0.4) is 0 Å². The van der Waals surface area contributed by atoms with E-state index in [1.807, 2.05) is 0 Å². The van der Waals surface area contributed by atoms with Crippen molar-refractivity contribution in [2.24, 2.45) is 10.8 Å². The molecule has 0 saturated carbocycles. The Bertz CT molecular complexity index is 1250. The molecule has 38 heavy (non-hydrogen) atoms. The van der Waals surface area contributed by atoms with Gasteiger partial charge in [0, 0.05) is 23.0 Å². The third-order valence-electron chi connectivity index (χ3n) is 8.37. The number of hydrogen-bond donors (Lipinski definition) is 3. The van der Waals surface area contributed by atoms with Crippen LogP contribution in [0.25, 0.3) is 0 Å². The lowest BCUT2D eigenvalue weighted by atomic mass is 9.51. The van der Waals surface area contributed by atoms with E-state index >= 15 is 0 Å². The van der Waals surface area contributed by atoms with E-state index in [-0.39, 0.29) is 26.2 Å². The lowest BCUT2D eigenvalue weighted by molar-refractivity contribution is -0.174. The highest BCUT2D eigenvalue weighted by molar-refractivity contribution is 6.31. The van der Waals surface area contributed by atoms with Gasteiger partial charge < -0.3 is 20.3 Å². The second-order valence-corrected chi connectivity index (χ2v) is 10.5. The molecular weight excluding hydrogens is 512 g/mol. The topological polar surface area (TPSA) is 133 Å². The first kappa shape index (κ1) is 27.8. The zero-order valence-corrected chi connectivity index (χ0v) is 22.2. The Morgan fingerprint density at radius 2 is 1.61 bits per heavy atom. The van der Waals surface area contributed by atoms with Gasteiger partial charge in [-0.2, -0.15) is 0 Å². The number of piperidine rings is 1. The van der Waals surface area contributed by atoms with Crippen molar-refractivity contribution in [2.45, 2.75) is 45.2 Å². The number of nitrogens with zero attached hydrogens (tertiary/aromatic N) is 1. The van der Waals surface area contributed by atoms with Crippen LogP contribution in [0, 0.1) is 10.8 Å². The van der Waals surface area contributed by atoms with Crippen LogP contribution >= 0.6 is 11.6 Å². The van der Waals surface area contributed by atoms with Crippen molar-refractivity contribution in [3.63, 3.8) is 0 Å². The van der Waals surface area contributed by atoms with Crippen LogP contribution in [0.15, 0.2) is 48.5 Å². The first-order chi connectivity index (χ1) is 18.0. The predicted octanol–water partition coefficient (Wildman–Crippen LogP) is 3.67. The lowest BCUT2D eigenvalue weighted by Gasteiger charge is -2.56. The third-order valence-corrected chi connectivity index (χ3v) is 8.71. The highest BCUT2D eigenvalue weighted by Gasteiger charge is 2.65. The predicted molar refractivity (Wildman–Crippen MR) is 139 cm³/mol. The minimum Gasteiger partial charge on any atom is -0.481 e. The molecule has 0 aliphatic carbocycles. The summed E-state index contributed by atoms with van der Waals surface area (Å²) in [5, 5.41) is 24.5. The van der Waals surface area contributed by atoms with Gasteiger partial charge in [-0.1, -0.05) is 48.9 Å². The lowest BCUT2D eigenvalue weighted by Crippen LogP contribution is -2.70. The number of hydrogen-bond acceptors (Lipinski definition) is 6. The van der Waals surface area contributed by atoms with Crippen LogP contribution in [0.2, 0.25) is 5.02 Å². The van der Waals surface area contributed by atoms with Crippen molar-refractivity contribution in [3.8, 4) is 0 Å². The third kappa shape index (κ3) is 4.19. The minimum absolute atomic E-state index is 0.00159. The second-order valence-electron chi connectivity index (χ2n) is 10.1. The number of aliphatic carboxylic acids is 2. The van der Waals surface area contributed by atoms with E-state index in [4.69, 9.17) is 16.3 Å². The molecule has 0 radical (unpaired) electrons. The van der Waals surface area contributed by atoms with Crippen LogP contribution in [0.5, 0.6) is 0 Å². The molecule has 3 N–H and O–H groups in total. The zero-order valence-electron chi connectivity index (χ0n) is 21.4. The van der Waals surface area contributed by atoms with Gasteiger partial charge in [0.2, 0.25) is 0 Å². The van der Waals surface area contributed by atoms with Crippen LogP contribution in [0.4, 0.5) is 0 Å². The van der Waals surface area contributed by atoms with E-state index in [1.54, 1.807) is 69.3 Å². The van der Waals surface area contributed by atoms with E-state index in [1.165, 1.54) is 0 Å². The van der Waals surface area contributed by atoms with Crippen molar-refractivity contribution < 1.29 is 34.1 Å². The Morgan fingerprint density at radius 1 is 1.03 bits per heavy atom. The fourth-order valence-corrected chi connectivity index (χ4v) is 6.34. The maximum absolute atomic E-state index is 13.1. The van der Waals surface area contributed by atoms with E-state index < -0.39 is 52.6 Å². The molecule has 4 rings (SSSR count). The summed E-state index contributed by atoms with van der Waals surface area (Å²) in [6, 6.07) is 11.9. The highest BCUT2D eigenvalue weighted by atomic mass is 35.5. The molecule has 202 valence electrons. The Morgan fingerprint density at radius 3 is 2.13 bits per heavy atom. The molecule has 10 heteroatoms. The number of halogens is 1. The summed E-state index contributed by atoms with van der Waals surface area (Å²) in [4.78, 5) is 52.2. The van der Waals surface area contributed by atoms with Gasteiger partial charge in [0.05, 0.1) is 41.7 Å². The molecule has 1 fully saturated rings. The molecule has 2 aliphatic heterocycles. The zero-order chi connectivity index (χ0) is 27.8. The van der Waals surface area contributed by atoms with Crippen molar-refractivity contribution in [3.05, 3.63) is 70.2 Å². The second kappa shape index (κ2) is 10.5. The minimum atomic E-state index is -1.58. The fraction of sp³-hybridized carbons (Fsp3) is 0.429. The van der Waals surface area contributed by atoms with Gasteiger partial charge in [-0.05, 0) is 44.0 Å². The number of carbonyl (C=O) groups is 4. The molecule has 2 aromatic rings. The van der Waals surface area contributed by atoms with Crippen molar-refractivity contribution in [2.75, 3.05) is 19.8 Å². The number of ether oxygens (including phenoxy) is 1. The number of benzene rings is 2. The normalized spacial score (nSPS) is 28.8. The van der Waals surface area contributed by atoms with Gasteiger partial charge in [-0.15, -0.1) is 0 Å². The van der Waals surface area contributed by atoms with Gasteiger partial charge in [-0.3, -0.25) is 24.1 Å². The SMILES string of the molecule is CC[C@]1(C(=O)O)[C@H](COCCN2C(=O)c3ccccc3C2=O)N[C@H](C)[C@@](C)(C(=O)O)[C@@H]1c1ccccc1Cl. The molecular formula is C28H31ClN2O7. The maximum atomic E-state index is 13.1. The van der Waals surface area contributed by atoms with Crippen molar-refractivity contribution >= 4 is 35.4 Å². The summed E-state index contributed by atoms with van der Waals surface area (Å²) in [5.41, 5.74) is -1.96. The number of fused-ring (bicyclic) bond motifs is 1. The molecule has 0 aromatic heterocycles. The molecule has 2 aromatic carbocycles. The number of carboxylic acids is 2. The number of carboxylic acid groups (broad SMARTS) is 2. The van der Waals surface area contributed by atoms with E-state index in [0.717, 1.165) is 4.90 Å². The first-order valence-electron chi connectivity index (χ1n) is 12.5. The number of amides is 2. The Labute approximate surface area is 225 Å². The number of nitrogens with one attached hydrogen (secondary N) is 1. The molecule has 9 nitrogen and oxygen atoms in total. The van der Waals surface area contributed by atoms with Gasteiger partial charge in [0.1, 0.15) is 0 Å². The summed E-state index contributed by atoms with van der Waals surface area (Å²) >= 11 is 6.53. The van der Waals surface area contributed by atoms with Crippen molar-refractivity contribution in [1.29, 1.82) is 0 Å². The maximum Gasteiger partial charge on any atom is 0.311 e. The van der Waals surface area contributed by atoms with Gasteiger partial charge in [0.25, 0.3) is 11.8 Å². The van der Waals surface area contributed by atoms with Gasteiger partial charge in [-0.25, -0.2) is 0 Å². The van der Waals surface area contributed by atoms with E-state index in [0.29, 0.717) is 21.7 Å². The molecule has 2 heterocycles. The summed E-state index contributed by atoms with van der Waals surface area (Å²) in [7, 11) is 0. The van der Waals surface area contributed by atoms with E-state index in [2.05, 4.69) is 5.32 Å². The summed E-state index contributed by atoms with van der Waals surface area (Å²) in [5.74, 6) is -4.08. The Balaban J connectivity index is 1.61. The summed E-state index contributed by atoms with van der Waals surface area (Å²) in [6.07, 6.45) is 0.104. The highest BCUT2D eigenvalue weighted by Crippen LogP contribution is 2.58. The standard InChI is InChI=1S/C28H31ClN2O7/c1-4-28(26(36)37)21(15-38-14-13-31-23(32)17-9-5-6-10-18(17)24(31)33)30-16(2)27(3,25(34)35)22(28)19-11-7-8-12-20(19)29/h5-12,16,21-22,30H,4,13-15H2,1-3H3,(H,34,35)(H,36,37)/t16-,21+,22+,27-,28+/m1/s1. The number of imide groups is 1. The number of carbonyl (C=O) groups excluding carboxylic acids is 2. The number of rotatable bonds is 9. The average molecular weight is 543 g/mol. The quantitative estimate of drug-likeness (QED) is 0.323. The smallest absolute Gasteiger partial charge is 0.311 e. The molecule has 0 unspecified atom stereocenters. The molecule has 0 spiro atoms. The Kier molecular flexibility index (Phi) is 7.65. The fourth-order valence-electron chi connectivity index (χ4n) is 6.10. The average Bonchev–Trinajstić information content (AvgIpc) is 3.13. The molecule has 5 atom stereocenters. The molecule has 1 saturated heterocycles. The first-order valence-corrected chi connectivity index (χ1v) is 12.9. The van der Waals surface area contributed by atoms with Gasteiger partial charge >= 0.3 is 11.9 Å². The van der Waals surface area contributed by atoms with Crippen LogP contribution in [-0.4, -0.2) is 70.7 Å². The largest absolute Gasteiger partial charge is 0.481 e. The van der Waals surface area contributed by atoms with Crippen LogP contribution in [0.1, 0.15) is 59.4 Å².